The number of hydrogen-bond donors (Lipinski definition) is 2. The fourth-order valence-corrected chi connectivity index (χ4v) is 3.48. The Hall–Kier alpha value is -0.950. The van der Waals surface area contributed by atoms with E-state index in [9.17, 15) is 8.42 Å². The smallest absolute Gasteiger partial charge is 0.240 e. The van der Waals surface area contributed by atoms with Crippen LogP contribution in [0.3, 0.4) is 0 Å². The van der Waals surface area contributed by atoms with Crippen LogP contribution < -0.4 is 10.5 Å². The molecular weight excluding hydrogens is 286 g/mol. The van der Waals surface area contributed by atoms with Gasteiger partial charge >= 0.3 is 0 Å². The van der Waals surface area contributed by atoms with E-state index in [2.05, 4.69) is 4.72 Å². The lowest BCUT2D eigenvalue weighted by Crippen LogP contribution is -2.39. The predicted molar refractivity (Wildman–Crippen MR) is 86.6 cm³/mol. The van der Waals surface area contributed by atoms with Gasteiger partial charge in [-0.05, 0) is 44.1 Å². The second-order valence-electron chi connectivity index (χ2n) is 6.58. The Morgan fingerprint density at radius 1 is 1.24 bits per heavy atom. The van der Waals surface area contributed by atoms with Gasteiger partial charge in [-0.2, -0.15) is 0 Å². The normalized spacial score (nSPS) is 14.4. The van der Waals surface area contributed by atoms with Crippen molar-refractivity contribution < 1.29 is 8.42 Å². The van der Waals surface area contributed by atoms with Gasteiger partial charge < -0.3 is 10.6 Å². The van der Waals surface area contributed by atoms with Crippen molar-refractivity contribution in [3.8, 4) is 0 Å². The first-order valence-electron chi connectivity index (χ1n) is 7.03. The van der Waals surface area contributed by atoms with Gasteiger partial charge in [-0.1, -0.05) is 26.0 Å². The summed E-state index contributed by atoms with van der Waals surface area (Å²) in [5.74, 6) is 0. The molecule has 0 amide bonds. The van der Waals surface area contributed by atoms with Crippen molar-refractivity contribution in [2.24, 2.45) is 11.1 Å². The van der Waals surface area contributed by atoms with E-state index in [1.54, 1.807) is 24.3 Å². The molecule has 6 heteroatoms. The average molecular weight is 313 g/mol. The molecule has 5 nitrogen and oxygen atoms in total. The van der Waals surface area contributed by atoms with E-state index in [1.807, 2.05) is 39.8 Å². The minimum atomic E-state index is -3.48. The third-order valence-corrected chi connectivity index (χ3v) is 4.62. The molecule has 120 valence electrons. The second-order valence-corrected chi connectivity index (χ2v) is 8.35. The van der Waals surface area contributed by atoms with Crippen LogP contribution in [0.15, 0.2) is 29.2 Å². The molecule has 1 atom stereocenters. The number of nitrogens with one attached hydrogen (secondary N) is 1. The van der Waals surface area contributed by atoms with Gasteiger partial charge in [-0.25, -0.2) is 13.1 Å². The van der Waals surface area contributed by atoms with Gasteiger partial charge in [0.2, 0.25) is 10.0 Å². The molecule has 3 N–H and O–H groups in total. The molecule has 0 saturated heterocycles. The predicted octanol–water partition coefficient (Wildman–Crippen LogP) is 1.57. The molecule has 0 heterocycles. The maximum absolute atomic E-state index is 12.3. The molecule has 1 aromatic carbocycles. The van der Waals surface area contributed by atoms with E-state index in [0.29, 0.717) is 6.54 Å². The van der Waals surface area contributed by atoms with E-state index in [4.69, 9.17) is 5.73 Å². The van der Waals surface area contributed by atoms with Crippen molar-refractivity contribution in [2.75, 3.05) is 27.2 Å². The summed E-state index contributed by atoms with van der Waals surface area (Å²) in [5.41, 5.74) is 6.55. The van der Waals surface area contributed by atoms with E-state index in [0.717, 1.165) is 12.1 Å². The number of hydrogen-bond acceptors (Lipinski definition) is 4. The van der Waals surface area contributed by atoms with Crippen molar-refractivity contribution >= 4 is 10.0 Å². The largest absolute Gasteiger partial charge is 0.324 e. The summed E-state index contributed by atoms with van der Waals surface area (Å²) in [6.07, 6.45) is 0. The van der Waals surface area contributed by atoms with E-state index >= 15 is 0 Å². The summed E-state index contributed by atoms with van der Waals surface area (Å²) in [7, 11) is 0.469. The lowest BCUT2D eigenvalue weighted by molar-refractivity contribution is 0.242. The second kappa shape index (κ2) is 6.87. The summed E-state index contributed by atoms with van der Waals surface area (Å²) < 4.78 is 27.3. The molecule has 0 aromatic heterocycles. The van der Waals surface area contributed by atoms with Crippen molar-refractivity contribution in [1.29, 1.82) is 0 Å². The number of rotatable bonds is 7. The van der Waals surface area contributed by atoms with Crippen LogP contribution in [0.5, 0.6) is 0 Å². The first kappa shape index (κ1) is 18.1. The van der Waals surface area contributed by atoms with Crippen molar-refractivity contribution in [3.63, 3.8) is 0 Å². The van der Waals surface area contributed by atoms with E-state index < -0.39 is 10.0 Å². The first-order chi connectivity index (χ1) is 9.53. The van der Waals surface area contributed by atoms with Gasteiger partial charge in [0.15, 0.2) is 0 Å². The highest BCUT2D eigenvalue weighted by atomic mass is 32.2. The summed E-state index contributed by atoms with van der Waals surface area (Å²) >= 11 is 0. The molecule has 0 aliphatic rings. The molecule has 1 unspecified atom stereocenters. The molecule has 0 bridgehead atoms. The van der Waals surface area contributed by atoms with Gasteiger partial charge in [0.25, 0.3) is 0 Å². The molecular formula is C15H27N3O2S. The van der Waals surface area contributed by atoms with Crippen LogP contribution >= 0.6 is 0 Å². The van der Waals surface area contributed by atoms with Crippen molar-refractivity contribution in [3.05, 3.63) is 29.8 Å². The van der Waals surface area contributed by atoms with Crippen LogP contribution in [0.4, 0.5) is 0 Å². The first-order valence-corrected chi connectivity index (χ1v) is 8.52. The molecule has 21 heavy (non-hydrogen) atoms. The summed E-state index contributed by atoms with van der Waals surface area (Å²) in [6.45, 7) is 7.14. The zero-order chi connectivity index (χ0) is 16.3. The maximum Gasteiger partial charge on any atom is 0.240 e. The molecule has 0 aliphatic carbocycles. The third-order valence-electron chi connectivity index (χ3n) is 3.20. The topological polar surface area (TPSA) is 75.4 Å². The van der Waals surface area contributed by atoms with Gasteiger partial charge in [0, 0.05) is 19.1 Å². The Bertz CT molecular complexity index is 549. The van der Waals surface area contributed by atoms with Crippen LogP contribution in [0.1, 0.15) is 32.4 Å². The number of nitrogens with zero attached hydrogens (tertiary/aromatic N) is 1. The van der Waals surface area contributed by atoms with Crippen molar-refractivity contribution in [1.82, 2.24) is 9.62 Å². The van der Waals surface area contributed by atoms with E-state index in [-0.39, 0.29) is 16.4 Å². The van der Waals surface area contributed by atoms with Gasteiger partial charge in [-0.15, -0.1) is 0 Å². The highest BCUT2D eigenvalue weighted by Gasteiger charge is 2.23. The lowest BCUT2D eigenvalue weighted by atomic mass is 9.93. The van der Waals surface area contributed by atoms with Crippen LogP contribution in [0, 0.1) is 5.41 Å². The molecule has 0 fully saturated rings. The monoisotopic (exact) mass is 313 g/mol. The quantitative estimate of drug-likeness (QED) is 0.801. The Balaban J connectivity index is 2.78. The average Bonchev–Trinajstić information content (AvgIpc) is 2.35. The lowest BCUT2D eigenvalue weighted by Gasteiger charge is -2.28. The summed E-state index contributed by atoms with van der Waals surface area (Å²) in [5, 5.41) is 0. The summed E-state index contributed by atoms with van der Waals surface area (Å²) in [4.78, 5) is 2.32. The van der Waals surface area contributed by atoms with E-state index in [1.165, 1.54) is 0 Å². The zero-order valence-corrected chi connectivity index (χ0v) is 14.4. The Morgan fingerprint density at radius 3 is 2.19 bits per heavy atom. The molecule has 0 spiro atoms. The van der Waals surface area contributed by atoms with Crippen LogP contribution in [-0.4, -0.2) is 40.5 Å². The van der Waals surface area contributed by atoms with Gasteiger partial charge in [-0.3, -0.25) is 0 Å². The molecule has 0 radical (unpaired) electrons. The van der Waals surface area contributed by atoms with Crippen molar-refractivity contribution in [2.45, 2.75) is 31.7 Å². The minimum absolute atomic E-state index is 0.103. The highest BCUT2D eigenvalue weighted by Crippen LogP contribution is 2.18. The summed E-state index contributed by atoms with van der Waals surface area (Å²) in [6, 6.07) is 6.60. The maximum atomic E-state index is 12.3. The molecule has 0 aliphatic heterocycles. The zero-order valence-electron chi connectivity index (χ0n) is 13.6. The Morgan fingerprint density at radius 2 is 1.76 bits per heavy atom. The van der Waals surface area contributed by atoms with Gasteiger partial charge in [0.1, 0.15) is 0 Å². The van der Waals surface area contributed by atoms with Gasteiger partial charge in [0.05, 0.1) is 4.90 Å². The number of sulfonamides is 1. The minimum Gasteiger partial charge on any atom is -0.324 e. The fraction of sp³-hybridized carbons (Fsp3) is 0.600. The number of nitrogens with two attached hydrogens (primary N) is 1. The highest BCUT2D eigenvalue weighted by molar-refractivity contribution is 7.89. The molecule has 1 aromatic rings. The standard InChI is InChI=1S/C15H27N3O2S/c1-12(16)13-6-8-14(9-7-13)21(19,20)17-10-15(2,3)11-18(4)5/h6-9,12,17H,10-11,16H2,1-5H3. The third kappa shape index (κ3) is 5.74. The number of benzene rings is 1. The van der Waals surface area contributed by atoms with Crippen LogP contribution in [0.2, 0.25) is 0 Å². The Labute approximate surface area is 128 Å². The Kier molecular flexibility index (Phi) is 5.92. The molecule has 0 saturated carbocycles. The SMILES string of the molecule is CC(N)c1ccc(S(=O)(=O)NCC(C)(C)CN(C)C)cc1. The molecule has 1 rings (SSSR count). The van der Waals surface area contributed by atoms with Crippen LogP contribution in [-0.2, 0) is 10.0 Å². The van der Waals surface area contributed by atoms with Crippen LogP contribution in [0.25, 0.3) is 0 Å². The fourth-order valence-electron chi connectivity index (χ4n) is 2.24.